The number of nitrogen functional groups attached to an aromatic ring is 1. The molecule has 0 spiro atoms. The Kier molecular flexibility index (Phi) is 1.51. The van der Waals surface area contributed by atoms with Crippen molar-refractivity contribution >= 4 is 27.3 Å². The molecule has 1 heterocycles. The van der Waals surface area contributed by atoms with Crippen LogP contribution in [0.1, 0.15) is 5.69 Å². The van der Waals surface area contributed by atoms with Gasteiger partial charge in [-0.05, 0) is 30.6 Å². The maximum absolute atomic E-state index is 12.9. The molecule has 0 saturated heterocycles. The van der Waals surface area contributed by atoms with Crippen LogP contribution in [0.25, 0.3) is 10.1 Å². The topological polar surface area (TPSA) is 38.9 Å². The lowest BCUT2D eigenvalue weighted by molar-refractivity contribution is 0.634. The number of aryl methyl sites for hydroxylation is 1. The third-order valence-corrected chi connectivity index (χ3v) is 2.67. The van der Waals surface area contributed by atoms with Gasteiger partial charge in [-0.15, -0.1) is 0 Å². The standard InChI is InChI=1S/C8H7FN2S/c1-4-5-2-7(10)6(9)3-8(5)12-11-4/h2-3H,10H2,1H3. The molecule has 0 aliphatic heterocycles. The summed E-state index contributed by atoms with van der Waals surface area (Å²) in [5, 5.41) is 0.943. The van der Waals surface area contributed by atoms with Crippen LogP contribution < -0.4 is 5.73 Å². The molecule has 4 heteroatoms. The highest BCUT2D eigenvalue weighted by molar-refractivity contribution is 7.13. The average molecular weight is 182 g/mol. The third-order valence-electron chi connectivity index (χ3n) is 1.77. The summed E-state index contributed by atoms with van der Waals surface area (Å²) in [5.74, 6) is -0.369. The van der Waals surface area contributed by atoms with Crippen LogP contribution in [0.5, 0.6) is 0 Å². The van der Waals surface area contributed by atoms with Gasteiger partial charge >= 0.3 is 0 Å². The van der Waals surface area contributed by atoms with Crippen molar-refractivity contribution in [2.75, 3.05) is 5.73 Å². The molecule has 62 valence electrons. The first-order chi connectivity index (χ1) is 5.68. The van der Waals surface area contributed by atoms with E-state index in [1.54, 1.807) is 6.07 Å². The van der Waals surface area contributed by atoms with Crippen molar-refractivity contribution in [3.05, 3.63) is 23.6 Å². The lowest BCUT2D eigenvalue weighted by Crippen LogP contribution is -1.88. The number of nitrogens with zero attached hydrogens (tertiary/aromatic N) is 1. The molecule has 0 saturated carbocycles. The molecule has 0 aliphatic rings. The summed E-state index contributed by atoms with van der Waals surface area (Å²) in [6, 6.07) is 3.05. The number of fused-ring (bicyclic) bond motifs is 1. The van der Waals surface area contributed by atoms with Gasteiger partial charge in [-0.25, -0.2) is 4.39 Å². The minimum Gasteiger partial charge on any atom is -0.396 e. The average Bonchev–Trinajstić information content (AvgIpc) is 2.35. The fraction of sp³-hybridized carbons (Fsp3) is 0.125. The number of anilines is 1. The first kappa shape index (κ1) is 7.49. The summed E-state index contributed by atoms with van der Waals surface area (Å²) in [7, 11) is 0. The molecule has 2 nitrogen and oxygen atoms in total. The molecule has 2 aromatic rings. The normalized spacial score (nSPS) is 10.8. The number of rotatable bonds is 0. The highest BCUT2D eigenvalue weighted by Gasteiger charge is 2.05. The molecule has 1 aromatic carbocycles. The zero-order valence-corrected chi connectivity index (χ0v) is 7.28. The molecule has 0 radical (unpaired) electrons. The molecule has 1 aromatic heterocycles. The van der Waals surface area contributed by atoms with Crippen molar-refractivity contribution in [2.24, 2.45) is 0 Å². The van der Waals surface area contributed by atoms with E-state index in [4.69, 9.17) is 5.73 Å². The summed E-state index contributed by atoms with van der Waals surface area (Å²) in [6.45, 7) is 1.89. The minimum absolute atomic E-state index is 0.186. The summed E-state index contributed by atoms with van der Waals surface area (Å²) in [4.78, 5) is 0. The Labute approximate surface area is 73.0 Å². The maximum atomic E-state index is 12.9. The predicted molar refractivity (Wildman–Crippen MR) is 48.7 cm³/mol. The predicted octanol–water partition coefficient (Wildman–Crippen LogP) is 2.33. The quantitative estimate of drug-likeness (QED) is 0.635. The van der Waals surface area contributed by atoms with E-state index in [1.807, 2.05) is 6.92 Å². The second-order valence-electron chi connectivity index (χ2n) is 2.64. The second-order valence-corrected chi connectivity index (χ2v) is 3.44. The Hall–Kier alpha value is -1.16. The number of aromatic nitrogens is 1. The van der Waals surface area contributed by atoms with Crippen molar-refractivity contribution in [2.45, 2.75) is 6.92 Å². The van der Waals surface area contributed by atoms with Crippen molar-refractivity contribution in [1.82, 2.24) is 4.37 Å². The van der Waals surface area contributed by atoms with E-state index in [2.05, 4.69) is 4.37 Å². The molecule has 0 amide bonds. The minimum atomic E-state index is -0.369. The summed E-state index contributed by atoms with van der Waals surface area (Å²) >= 11 is 1.29. The maximum Gasteiger partial charge on any atom is 0.147 e. The molecule has 0 aliphatic carbocycles. The van der Waals surface area contributed by atoms with Gasteiger partial charge in [-0.1, -0.05) is 0 Å². The van der Waals surface area contributed by atoms with E-state index in [0.29, 0.717) is 0 Å². The van der Waals surface area contributed by atoms with Gasteiger partial charge < -0.3 is 5.73 Å². The lowest BCUT2D eigenvalue weighted by atomic mass is 10.2. The number of nitrogens with two attached hydrogens (primary N) is 1. The van der Waals surface area contributed by atoms with Crippen molar-refractivity contribution < 1.29 is 4.39 Å². The fourth-order valence-corrected chi connectivity index (χ4v) is 1.89. The van der Waals surface area contributed by atoms with Crippen LogP contribution in [0.15, 0.2) is 12.1 Å². The van der Waals surface area contributed by atoms with Crippen LogP contribution in [0, 0.1) is 12.7 Å². The highest BCUT2D eigenvalue weighted by Crippen LogP contribution is 2.26. The molecule has 12 heavy (non-hydrogen) atoms. The van der Waals surface area contributed by atoms with E-state index < -0.39 is 0 Å². The molecule has 2 N–H and O–H groups in total. The van der Waals surface area contributed by atoms with E-state index in [0.717, 1.165) is 15.8 Å². The van der Waals surface area contributed by atoms with Gasteiger partial charge in [0.15, 0.2) is 0 Å². The van der Waals surface area contributed by atoms with Gasteiger partial charge in [0.05, 0.1) is 16.1 Å². The van der Waals surface area contributed by atoms with E-state index in [9.17, 15) is 4.39 Å². The number of halogens is 1. The molecular formula is C8H7FN2S. The van der Waals surface area contributed by atoms with E-state index in [1.165, 1.54) is 17.6 Å². The van der Waals surface area contributed by atoms with Crippen LogP contribution in [-0.4, -0.2) is 4.37 Å². The van der Waals surface area contributed by atoms with Crippen LogP contribution in [0.4, 0.5) is 10.1 Å². The zero-order valence-electron chi connectivity index (χ0n) is 6.47. The van der Waals surface area contributed by atoms with Gasteiger partial charge in [0.1, 0.15) is 5.82 Å². The second kappa shape index (κ2) is 2.42. The summed E-state index contributed by atoms with van der Waals surface area (Å²) in [6.07, 6.45) is 0. The Morgan fingerprint density at radius 3 is 3.00 bits per heavy atom. The monoisotopic (exact) mass is 182 g/mol. The molecule has 2 rings (SSSR count). The van der Waals surface area contributed by atoms with Crippen LogP contribution in [0.3, 0.4) is 0 Å². The Morgan fingerprint density at radius 1 is 1.50 bits per heavy atom. The molecule has 0 bridgehead atoms. The number of hydrogen-bond acceptors (Lipinski definition) is 3. The molecular weight excluding hydrogens is 175 g/mol. The highest BCUT2D eigenvalue weighted by atomic mass is 32.1. The Morgan fingerprint density at radius 2 is 2.25 bits per heavy atom. The smallest absolute Gasteiger partial charge is 0.147 e. The largest absolute Gasteiger partial charge is 0.396 e. The van der Waals surface area contributed by atoms with Gasteiger partial charge in [0, 0.05) is 5.39 Å². The van der Waals surface area contributed by atoms with Crippen molar-refractivity contribution in [1.29, 1.82) is 0 Å². The molecule has 0 atom stereocenters. The lowest BCUT2D eigenvalue weighted by Gasteiger charge is -1.95. The van der Waals surface area contributed by atoms with Crippen LogP contribution in [0.2, 0.25) is 0 Å². The van der Waals surface area contributed by atoms with E-state index in [-0.39, 0.29) is 11.5 Å². The first-order valence-electron chi connectivity index (χ1n) is 3.49. The van der Waals surface area contributed by atoms with Gasteiger partial charge in [-0.2, -0.15) is 4.37 Å². The fourth-order valence-electron chi connectivity index (χ4n) is 1.10. The van der Waals surface area contributed by atoms with Crippen molar-refractivity contribution in [3.63, 3.8) is 0 Å². The SMILES string of the molecule is Cc1nsc2cc(F)c(N)cc12. The van der Waals surface area contributed by atoms with Crippen LogP contribution >= 0.6 is 11.5 Å². The van der Waals surface area contributed by atoms with Gasteiger partial charge in [-0.3, -0.25) is 0 Å². The van der Waals surface area contributed by atoms with Gasteiger partial charge in [0.2, 0.25) is 0 Å². The zero-order chi connectivity index (χ0) is 8.72. The summed E-state index contributed by atoms with van der Waals surface area (Å²) in [5.41, 5.74) is 6.51. The van der Waals surface area contributed by atoms with Crippen molar-refractivity contribution in [3.8, 4) is 0 Å². The Balaban J connectivity index is 2.87. The first-order valence-corrected chi connectivity index (χ1v) is 4.27. The molecule has 0 fully saturated rings. The number of hydrogen-bond donors (Lipinski definition) is 1. The summed E-state index contributed by atoms with van der Waals surface area (Å²) < 4.78 is 17.9. The van der Waals surface area contributed by atoms with E-state index >= 15 is 0 Å². The van der Waals surface area contributed by atoms with Gasteiger partial charge in [0.25, 0.3) is 0 Å². The third kappa shape index (κ3) is 0.956. The van der Waals surface area contributed by atoms with Crippen LogP contribution in [-0.2, 0) is 0 Å². The number of benzene rings is 1. The molecule has 0 unspecified atom stereocenters. The Bertz CT molecular complexity index is 436.